The minimum absolute atomic E-state index is 0.231. The lowest BCUT2D eigenvalue weighted by Crippen LogP contribution is -2.26. The fourth-order valence-electron chi connectivity index (χ4n) is 0.873. The molecule has 10 heavy (non-hydrogen) atoms. The lowest BCUT2D eigenvalue weighted by molar-refractivity contribution is 0.250. The summed E-state index contributed by atoms with van der Waals surface area (Å²) >= 11 is 1.62. The van der Waals surface area contributed by atoms with E-state index in [4.69, 9.17) is 0 Å². The van der Waals surface area contributed by atoms with Crippen LogP contribution >= 0.6 is 11.3 Å². The van der Waals surface area contributed by atoms with E-state index in [1.54, 1.807) is 11.3 Å². The molecule has 2 amide bonds. The molecule has 1 radical (unpaired) electrons. The van der Waals surface area contributed by atoms with E-state index in [-0.39, 0.29) is 6.03 Å². The number of carbonyl (C=O) groups is 1. The van der Waals surface area contributed by atoms with Gasteiger partial charge in [-0.25, -0.2) is 10.1 Å². The number of thiophene rings is 1. The summed E-state index contributed by atoms with van der Waals surface area (Å²) < 4.78 is 0. The van der Waals surface area contributed by atoms with Crippen LogP contribution in [0.4, 0.5) is 10.5 Å². The third-order valence-corrected chi connectivity index (χ3v) is 2.26. The van der Waals surface area contributed by atoms with Gasteiger partial charge in [-0.1, -0.05) is 0 Å². The van der Waals surface area contributed by atoms with Gasteiger partial charge < -0.3 is 5.32 Å². The Morgan fingerprint density at radius 3 is 3.50 bits per heavy atom. The maximum Gasteiger partial charge on any atom is 0.341 e. The van der Waals surface area contributed by atoms with Crippen molar-refractivity contribution in [3.63, 3.8) is 0 Å². The fourth-order valence-corrected chi connectivity index (χ4v) is 1.63. The molecule has 0 fully saturated rings. The minimum Gasteiger partial charge on any atom is -0.305 e. The number of nitrogens with one attached hydrogen (secondary N) is 1. The van der Waals surface area contributed by atoms with Crippen molar-refractivity contribution < 1.29 is 4.79 Å². The molecule has 0 atom stereocenters. The SMILES string of the molecule is O=C1[N]Cc2sccc2N1. The number of urea groups is 1. The highest BCUT2D eigenvalue weighted by atomic mass is 32.1. The Labute approximate surface area is 62.1 Å². The van der Waals surface area contributed by atoms with Crippen LogP contribution in [-0.4, -0.2) is 6.03 Å². The number of hydrogen-bond donors (Lipinski definition) is 1. The van der Waals surface area contributed by atoms with Crippen LogP contribution in [0.15, 0.2) is 11.4 Å². The van der Waals surface area contributed by atoms with Crippen LogP contribution in [0.5, 0.6) is 0 Å². The fraction of sp³-hybridized carbons (Fsp3) is 0.167. The van der Waals surface area contributed by atoms with Crippen LogP contribution in [0.1, 0.15) is 4.88 Å². The molecule has 1 aromatic rings. The number of anilines is 1. The largest absolute Gasteiger partial charge is 0.341 e. The second-order valence-electron chi connectivity index (χ2n) is 2.00. The van der Waals surface area contributed by atoms with Gasteiger partial charge in [0, 0.05) is 4.88 Å². The Kier molecular flexibility index (Phi) is 1.14. The number of rotatable bonds is 0. The molecule has 1 aromatic heterocycles. The van der Waals surface area contributed by atoms with E-state index < -0.39 is 0 Å². The standard InChI is InChI=1S/C6H5N2OS/c9-6-7-3-5-4(8-6)1-2-10-5/h1-2H,3H2,(H,8,9). The van der Waals surface area contributed by atoms with Gasteiger partial charge in [-0.3, -0.25) is 0 Å². The van der Waals surface area contributed by atoms with E-state index in [0.29, 0.717) is 6.54 Å². The average molecular weight is 153 g/mol. The third kappa shape index (κ3) is 0.769. The molecule has 0 unspecified atom stereocenters. The second kappa shape index (κ2) is 1.98. The molecule has 0 aromatic carbocycles. The highest BCUT2D eigenvalue weighted by Crippen LogP contribution is 2.24. The summed E-state index contributed by atoms with van der Waals surface area (Å²) in [5.41, 5.74) is 0.921. The molecule has 2 heterocycles. The summed E-state index contributed by atoms with van der Waals surface area (Å²) in [5.74, 6) is 0. The molecule has 0 aliphatic carbocycles. The molecule has 4 heteroatoms. The van der Waals surface area contributed by atoms with Crippen molar-refractivity contribution in [1.29, 1.82) is 0 Å². The summed E-state index contributed by atoms with van der Waals surface area (Å²) in [5, 5.41) is 8.30. The van der Waals surface area contributed by atoms with Gasteiger partial charge in [0.25, 0.3) is 0 Å². The van der Waals surface area contributed by atoms with E-state index in [1.165, 1.54) is 0 Å². The van der Waals surface area contributed by atoms with Crippen LogP contribution in [0, 0.1) is 0 Å². The summed E-state index contributed by atoms with van der Waals surface area (Å²) in [7, 11) is 0. The molecule has 1 aliphatic heterocycles. The number of nitrogens with zero attached hydrogens (tertiary/aromatic N) is 1. The second-order valence-corrected chi connectivity index (χ2v) is 3.00. The third-order valence-electron chi connectivity index (χ3n) is 1.35. The first-order chi connectivity index (χ1) is 4.86. The van der Waals surface area contributed by atoms with Gasteiger partial charge in [0.2, 0.25) is 0 Å². The Morgan fingerprint density at radius 2 is 2.60 bits per heavy atom. The van der Waals surface area contributed by atoms with E-state index >= 15 is 0 Å². The van der Waals surface area contributed by atoms with Crippen LogP contribution < -0.4 is 10.6 Å². The van der Waals surface area contributed by atoms with Gasteiger partial charge in [0.05, 0.1) is 12.2 Å². The topological polar surface area (TPSA) is 43.2 Å². The monoisotopic (exact) mass is 153 g/mol. The van der Waals surface area contributed by atoms with Crippen LogP contribution in [0.2, 0.25) is 0 Å². The lowest BCUT2D eigenvalue weighted by atomic mass is 10.3. The van der Waals surface area contributed by atoms with Gasteiger partial charge in [0.15, 0.2) is 0 Å². The van der Waals surface area contributed by atoms with Crippen molar-refractivity contribution in [3.8, 4) is 0 Å². The normalized spacial score (nSPS) is 15.4. The summed E-state index contributed by atoms with van der Waals surface area (Å²) in [6.45, 7) is 0.541. The molecule has 51 valence electrons. The van der Waals surface area contributed by atoms with Crippen molar-refractivity contribution in [3.05, 3.63) is 16.3 Å². The highest BCUT2D eigenvalue weighted by Gasteiger charge is 2.15. The zero-order valence-electron chi connectivity index (χ0n) is 5.13. The highest BCUT2D eigenvalue weighted by molar-refractivity contribution is 7.10. The molecule has 0 saturated heterocycles. The molecule has 1 N–H and O–H groups in total. The molecule has 1 aliphatic rings. The van der Waals surface area contributed by atoms with Crippen LogP contribution in [0.25, 0.3) is 0 Å². The van der Waals surface area contributed by atoms with Crippen LogP contribution in [0.3, 0.4) is 0 Å². The minimum atomic E-state index is -0.231. The maximum atomic E-state index is 10.7. The van der Waals surface area contributed by atoms with Crippen molar-refractivity contribution in [1.82, 2.24) is 5.32 Å². The molecule has 0 saturated carbocycles. The van der Waals surface area contributed by atoms with Gasteiger partial charge in [0.1, 0.15) is 0 Å². The lowest BCUT2D eigenvalue weighted by Gasteiger charge is -2.10. The maximum absolute atomic E-state index is 10.7. The average Bonchev–Trinajstić information content (AvgIpc) is 2.33. The Morgan fingerprint density at radius 1 is 1.70 bits per heavy atom. The van der Waals surface area contributed by atoms with Gasteiger partial charge in [-0.05, 0) is 11.4 Å². The van der Waals surface area contributed by atoms with Crippen molar-refractivity contribution in [2.45, 2.75) is 6.54 Å². The van der Waals surface area contributed by atoms with Gasteiger partial charge in [-0.15, -0.1) is 11.3 Å². The van der Waals surface area contributed by atoms with E-state index in [0.717, 1.165) is 10.6 Å². The number of amides is 2. The molecular formula is C6H5N2OS. The van der Waals surface area contributed by atoms with E-state index in [9.17, 15) is 4.79 Å². The number of carbonyl (C=O) groups excluding carboxylic acids is 1. The smallest absolute Gasteiger partial charge is 0.305 e. The predicted molar refractivity (Wildman–Crippen MR) is 39.2 cm³/mol. The first kappa shape index (κ1) is 5.73. The zero-order chi connectivity index (χ0) is 6.97. The van der Waals surface area contributed by atoms with Gasteiger partial charge in [-0.2, -0.15) is 0 Å². The summed E-state index contributed by atoms with van der Waals surface area (Å²) in [4.78, 5) is 11.8. The van der Waals surface area contributed by atoms with Crippen molar-refractivity contribution in [2.24, 2.45) is 0 Å². The summed E-state index contributed by atoms with van der Waals surface area (Å²) in [6, 6.07) is 1.66. The van der Waals surface area contributed by atoms with Gasteiger partial charge >= 0.3 is 6.03 Å². The first-order valence-corrected chi connectivity index (χ1v) is 3.79. The van der Waals surface area contributed by atoms with Crippen molar-refractivity contribution in [2.75, 3.05) is 5.32 Å². The van der Waals surface area contributed by atoms with Crippen molar-refractivity contribution >= 4 is 23.1 Å². The Bertz CT molecular complexity index is 268. The molecule has 2 rings (SSSR count). The first-order valence-electron chi connectivity index (χ1n) is 2.91. The number of hydrogen-bond acceptors (Lipinski definition) is 2. The zero-order valence-corrected chi connectivity index (χ0v) is 5.94. The molecule has 0 bridgehead atoms. The molecule has 0 spiro atoms. The summed E-state index contributed by atoms with van der Waals surface area (Å²) in [6.07, 6.45) is 0. The van der Waals surface area contributed by atoms with E-state index in [1.807, 2.05) is 11.4 Å². The predicted octanol–water partition coefficient (Wildman–Crippen LogP) is 1.40. The molecular weight excluding hydrogens is 148 g/mol. The van der Waals surface area contributed by atoms with E-state index in [2.05, 4.69) is 10.6 Å². The molecule has 3 nitrogen and oxygen atoms in total. The quantitative estimate of drug-likeness (QED) is 0.601. The Balaban J connectivity index is 2.39. The van der Waals surface area contributed by atoms with Crippen LogP contribution in [-0.2, 0) is 6.54 Å². The number of fused-ring (bicyclic) bond motifs is 1. The Hall–Kier alpha value is -1.03.